The van der Waals surface area contributed by atoms with Crippen molar-refractivity contribution in [3.8, 4) is 0 Å². The normalized spacial score (nSPS) is 10.1. The molecular formula is C13H13N3O. The van der Waals surface area contributed by atoms with Crippen LogP contribution < -0.4 is 17.2 Å². The van der Waals surface area contributed by atoms with Crippen LogP contribution in [0.3, 0.4) is 0 Å². The molecule has 0 bridgehead atoms. The van der Waals surface area contributed by atoms with E-state index in [1.807, 2.05) is 0 Å². The summed E-state index contributed by atoms with van der Waals surface area (Å²) in [5.41, 5.74) is 19.2. The lowest BCUT2D eigenvalue weighted by Gasteiger charge is -2.07. The summed E-state index contributed by atoms with van der Waals surface area (Å²) in [4.78, 5) is 12.2. The lowest BCUT2D eigenvalue weighted by molar-refractivity contribution is 0.103. The highest BCUT2D eigenvalue weighted by Crippen LogP contribution is 2.22. The number of rotatable bonds is 2. The number of carbonyl (C=O) groups excluding carboxylic acids is 1. The van der Waals surface area contributed by atoms with E-state index in [1.54, 1.807) is 42.5 Å². The van der Waals surface area contributed by atoms with Gasteiger partial charge in [-0.15, -0.1) is 0 Å². The molecule has 86 valence electrons. The van der Waals surface area contributed by atoms with Gasteiger partial charge in [0.15, 0.2) is 5.78 Å². The van der Waals surface area contributed by atoms with Crippen LogP contribution in [0.5, 0.6) is 0 Å². The Kier molecular flexibility index (Phi) is 2.70. The maximum atomic E-state index is 12.2. The summed E-state index contributed by atoms with van der Waals surface area (Å²) >= 11 is 0. The van der Waals surface area contributed by atoms with Crippen molar-refractivity contribution in [3.05, 3.63) is 53.6 Å². The summed E-state index contributed by atoms with van der Waals surface area (Å²) < 4.78 is 0. The van der Waals surface area contributed by atoms with Crippen molar-refractivity contribution < 1.29 is 4.79 Å². The second-order valence-corrected chi connectivity index (χ2v) is 3.76. The van der Waals surface area contributed by atoms with Gasteiger partial charge in [0.1, 0.15) is 0 Å². The van der Waals surface area contributed by atoms with Crippen molar-refractivity contribution >= 4 is 22.8 Å². The summed E-state index contributed by atoms with van der Waals surface area (Å²) in [6, 6.07) is 11.8. The molecule has 0 unspecified atom stereocenters. The van der Waals surface area contributed by atoms with Crippen LogP contribution in [0.15, 0.2) is 42.5 Å². The number of benzene rings is 2. The van der Waals surface area contributed by atoms with E-state index in [4.69, 9.17) is 17.2 Å². The molecule has 0 fully saturated rings. The lowest BCUT2D eigenvalue weighted by Crippen LogP contribution is -2.07. The van der Waals surface area contributed by atoms with Gasteiger partial charge in [-0.3, -0.25) is 4.79 Å². The maximum absolute atomic E-state index is 12.2. The highest BCUT2D eigenvalue weighted by atomic mass is 16.1. The van der Waals surface area contributed by atoms with E-state index in [-0.39, 0.29) is 5.78 Å². The molecule has 6 N–H and O–H groups in total. The average molecular weight is 227 g/mol. The molecule has 0 aliphatic rings. The summed E-state index contributed by atoms with van der Waals surface area (Å²) in [6.45, 7) is 0. The van der Waals surface area contributed by atoms with Gasteiger partial charge >= 0.3 is 0 Å². The molecule has 2 rings (SSSR count). The fourth-order valence-electron chi connectivity index (χ4n) is 1.62. The Morgan fingerprint density at radius 3 is 2.35 bits per heavy atom. The fourth-order valence-corrected chi connectivity index (χ4v) is 1.62. The smallest absolute Gasteiger partial charge is 0.195 e. The van der Waals surface area contributed by atoms with E-state index in [2.05, 4.69) is 0 Å². The molecule has 0 radical (unpaired) electrons. The van der Waals surface area contributed by atoms with Gasteiger partial charge in [0.25, 0.3) is 0 Å². The van der Waals surface area contributed by atoms with Crippen LogP contribution in [-0.4, -0.2) is 5.78 Å². The van der Waals surface area contributed by atoms with Crippen molar-refractivity contribution in [3.63, 3.8) is 0 Å². The van der Waals surface area contributed by atoms with Crippen molar-refractivity contribution in [2.45, 2.75) is 0 Å². The molecule has 2 aromatic rings. The van der Waals surface area contributed by atoms with E-state index in [0.29, 0.717) is 28.2 Å². The number of anilines is 3. The highest BCUT2D eigenvalue weighted by Gasteiger charge is 2.13. The first kappa shape index (κ1) is 11.0. The van der Waals surface area contributed by atoms with Gasteiger partial charge in [-0.05, 0) is 24.3 Å². The van der Waals surface area contributed by atoms with Gasteiger partial charge in [0.05, 0.1) is 11.4 Å². The van der Waals surface area contributed by atoms with E-state index in [0.717, 1.165) is 0 Å². The van der Waals surface area contributed by atoms with E-state index in [9.17, 15) is 4.79 Å². The Balaban J connectivity index is 2.48. The van der Waals surface area contributed by atoms with Crippen LogP contribution in [-0.2, 0) is 0 Å². The second kappa shape index (κ2) is 4.17. The van der Waals surface area contributed by atoms with E-state index >= 15 is 0 Å². The molecule has 17 heavy (non-hydrogen) atoms. The molecule has 0 atom stereocenters. The zero-order chi connectivity index (χ0) is 12.4. The number of hydrogen-bond acceptors (Lipinski definition) is 4. The first-order chi connectivity index (χ1) is 8.09. The van der Waals surface area contributed by atoms with Gasteiger partial charge in [-0.2, -0.15) is 0 Å². The number of ketones is 1. The lowest BCUT2D eigenvalue weighted by atomic mass is 10.0. The topological polar surface area (TPSA) is 95.1 Å². The van der Waals surface area contributed by atoms with Gasteiger partial charge in [-0.25, -0.2) is 0 Å². The Bertz CT molecular complexity index is 579. The van der Waals surface area contributed by atoms with E-state index < -0.39 is 0 Å². The summed E-state index contributed by atoms with van der Waals surface area (Å²) in [6.07, 6.45) is 0. The molecule has 2 aromatic carbocycles. The minimum absolute atomic E-state index is 0.179. The van der Waals surface area contributed by atoms with E-state index in [1.165, 1.54) is 0 Å². The molecule has 0 aliphatic carbocycles. The van der Waals surface area contributed by atoms with Crippen molar-refractivity contribution in [1.82, 2.24) is 0 Å². The fraction of sp³-hybridized carbons (Fsp3) is 0. The molecule has 0 aliphatic heterocycles. The first-order valence-corrected chi connectivity index (χ1v) is 5.14. The minimum Gasteiger partial charge on any atom is -0.399 e. The third kappa shape index (κ3) is 2.06. The maximum Gasteiger partial charge on any atom is 0.195 e. The third-order valence-electron chi connectivity index (χ3n) is 2.53. The van der Waals surface area contributed by atoms with Gasteiger partial charge in [0, 0.05) is 16.8 Å². The zero-order valence-electron chi connectivity index (χ0n) is 9.18. The summed E-state index contributed by atoms with van der Waals surface area (Å²) in [7, 11) is 0. The minimum atomic E-state index is -0.179. The Hall–Kier alpha value is -2.49. The molecule has 0 spiro atoms. The van der Waals surface area contributed by atoms with Gasteiger partial charge in [-0.1, -0.05) is 18.2 Å². The standard InChI is InChI=1S/C13H13N3O/c14-9-4-1-3-8(7-9)13(17)10-5-2-6-11(15)12(10)16/h1-7H,14-16H2. The number of nitrogen functional groups attached to an aromatic ring is 3. The Morgan fingerprint density at radius 2 is 1.65 bits per heavy atom. The largest absolute Gasteiger partial charge is 0.399 e. The third-order valence-corrected chi connectivity index (χ3v) is 2.53. The molecule has 0 saturated carbocycles. The second-order valence-electron chi connectivity index (χ2n) is 3.76. The summed E-state index contributed by atoms with van der Waals surface area (Å²) in [5.74, 6) is -0.179. The number of hydrogen-bond donors (Lipinski definition) is 3. The molecule has 0 amide bonds. The SMILES string of the molecule is Nc1cccc(C(=O)c2cccc(N)c2N)c1. The van der Waals surface area contributed by atoms with Crippen LogP contribution in [0, 0.1) is 0 Å². The molecule has 4 nitrogen and oxygen atoms in total. The first-order valence-electron chi connectivity index (χ1n) is 5.14. The average Bonchev–Trinajstić information content (AvgIpc) is 2.32. The monoisotopic (exact) mass is 227 g/mol. The Morgan fingerprint density at radius 1 is 0.941 bits per heavy atom. The highest BCUT2D eigenvalue weighted by molar-refractivity contribution is 6.13. The zero-order valence-corrected chi connectivity index (χ0v) is 9.18. The van der Waals surface area contributed by atoms with Crippen molar-refractivity contribution in [2.24, 2.45) is 0 Å². The van der Waals surface area contributed by atoms with Crippen LogP contribution in [0.25, 0.3) is 0 Å². The van der Waals surface area contributed by atoms with Gasteiger partial charge < -0.3 is 17.2 Å². The predicted octanol–water partition coefficient (Wildman–Crippen LogP) is 1.66. The van der Waals surface area contributed by atoms with Crippen LogP contribution in [0.4, 0.5) is 17.1 Å². The number of para-hydroxylation sites is 1. The molecule has 0 saturated heterocycles. The van der Waals surface area contributed by atoms with Crippen LogP contribution in [0.2, 0.25) is 0 Å². The van der Waals surface area contributed by atoms with Crippen LogP contribution in [0.1, 0.15) is 15.9 Å². The number of nitrogens with two attached hydrogens (primary N) is 3. The predicted molar refractivity (Wildman–Crippen MR) is 69.6 cm³/mol. The van der Waals surface area contributed by atoms with Crippen molar-refractivity contribution in [1.29, 1.82) is 0 Å². The quantitative estimate of drug-likeness (QED) is 0.537. The van der Waals surface area contributed by atoms with Crippen LogP contribution >= 0.6 is 0 Å². The molecular weight excluding hydrogens is 214 g/mol. The molecule has 0 aromatic heterocycles. The van der Waals surface area contributed by atoms with Crippen molar-refractivity contribution in [2.75, 3.05) is 17.2 Å². The van der Waals surface area contributed by atoms with Gasteiger partial charge in [0.2, 0.25) is 0 Å². The number of carbonyl (C=O) groups is 1. The molecule has 4 heteroatoms. The summed E-state index contributed by atoms with van der Waals surface area (Å²) in [5, 5.41) is 0. The molecule has 0 heterocycles. The Labute approximate surface area is 99.0 Å².